The lowest BCUT2D eigenvalue weighted by Crippen LogP contribution is -2.49. The molecule has 98 valence electrons. The highest BCUT2D eigenvalue weighted by atomic mass is 16.5. The number of carbonyl (C=O) groups excluding carboxylic acids is 1. The van der Waals surface area contributed by atoms with Crippen molar-refractivity contribution in [1.29, 1.82) is 5.26 Å². The number of rotatable bonds is 1. The first kappa shape index (κ1) is 12.0. The van der Waals surface area contributed by atoms with E-state index in [1.807, 2.05) is 24.3 Å². The van der Waals surface area contributed by atoms with E-state index in [0.717, 1.165) is 11.3 Å². The molecule has 1 saturated heterocycles. The van der Waals surface area contributed by atoms with Crippen molar-refractivity contribution in [3.05, 3.63) is 29.8 Å². The van der Waals surface area contributed by atoms with Crippen LogP contribution in [0.2, 0.25) is 0 Å². The van der Waals surface area contributed by atoms with Gasteiger partial charge in [0.15, 0.2) is 0 Å². The Kier molecular flexibility index (Phi) is 3.10. The molecule has 1 amide bonds. The Bertz CT molecular complexity index is 538. The Morgan fingerprint density at radius 2 is 2.21 bits per heavy atom. The fourth-order valence-electron chi connectivity index (χ4n) is 2.54. The topological polar surface area (TPSA) is 62.6 Å². The van der Waals surface area contributed by atoms with Gasteiger partial charge in [0.05, 0.1) is 19.3 Å². The van der Waals surface area contributed by atoms with Crippen LogP contribution in [0.5, 0.6) is 5.75 Å². The van der Waals surface area contributed by atoms with Crippen LogP contribution in [0, 0.1) is 11.3 Å². The molecular formula is C14H14N2O3. The van der Waals surface area contributed by atoms with Gasteiger partial charge in [-0.2, -0.15) is 5.26 Å². The molecule has 5 heteroatoms. The average Bonchev–Trinajstić information content (AvgIpc) is 2.90. The maximum absolute atomic E-state index is 12.6. The molecule has 2 heterocycles. The third-order valence-electron chi connectivity index (χ3n) is 3.56. The summed E-state index contributed by atoms with van der Waals surface area (Å²) in [7, 11) is 0. The molecule has 2 aliphatic rings. The molecule has 0 aromatic heterocycles. The van der Waals surface area contributed by atoms with Gasteiger partial charge in [0.2, 0.25) is 5.91 Å². The number of hydrogen-bond acceptors (Lipinski definition) is 4. The van der Waals surface area contributed by atoms with E-state index in [2.05, 4.69) is 6.07 Å². The molecule has 3 rings (SSSR count). The number of carbonyl (C=O) groups is 1. The molecule has 1 aromatic rings. The van der Waals surface area contributed by atoms with Gasteiger partial charge in [-0.15, -0.1) is 0 Å². The monoisotopic (exact) mass is 258 g/mol. The zero-order valence-electron chi connectivity index (χ0n) is 10.4. The van der Waals surface area contributed by atoms with Crippen molar-refractivity contribution in [1.82, 2.24) is 4.90 Å². The summed E-state index contributed by atoms with van der Waals surface area (Å²) in [4.78, 5) is 14.2. The minimum atomic E-state index is -0.492. The lowest BCUT2D eigenvalue weighted by Gasteiger charge is -2.32. The Morgan fingerprint density at radius 1 is 1.37 bits per heavy atom. The number of para-hydroxylation sites is 1. The van der Waals surface area contributed by atoms with Gasteiger partial charge < -0.3 is 14.4 Å². The summed E-state index contributed by atoms with van der Waals surface area (Å²) in [5.74, 6) is 0.424. The van der Waals surface area contributed by atoms with Crippen molar-refractivity contribution < 1.29 is 14.3 Å². The summed E-state index contributed by atoms with van der Waals surface area (Å²) >= 11 is 0. The first-order valence-electron chi connectivity index (χ1n) is 6.31. The second-order valence-corrected chi connectivity index (χ2v) is 4.65. The second-order valence-electron chi connectivity index (χ2n) is 4.65. The molecule has 0 radical (unpaired) electrons. The largest absolute Gasteiger partial charge is 0.492 e. The van der Waals surface area contributed by atoms with Crippen LogP contribution in [-0.2, 0) is 9.53 Å². The normalized spacial score (nSPS) is 25.3. The van der Waals surface area contributed by atoms with Gasteiger partial charge in [0, 0.05) is 12.1 Å². The quantitative estimate of drug-likeness (QED) is 0.751. The van der Waals surface area contributed by atoms with E-state index in [-0.39, 0.29) is 18.4 Å². The summed E-state index contributed by atoms with van der Waals surface area (Å²) < 4.78 is 10.8. The summed E-state index contributed by atoms with van der Waals surface area (Å²) in [5, 5.41) is 9.09. The van der Waals surface area contributed by atoms with E-state index in [0.29, 0.717) is 19.8 Å². The number of hydrogen-bond donors (Lipinski definition) is 0. The van der Waals surface area contributed by atoms with E-state index < -0.39 is 6.04 Å². The van der Waals surface area contributed by atoms with Crippen LogP contribution in [0.25, 0.3) is 0 Å². The molecule has 2 aliphatic heterocycles. The van der Waals surface area contributed by atoms with Crippen LogP contribution in [0.4, 0.5) is 0 Å². The van der Waals surface area contributed by atoms with E-state index in [1.54, 1.807) is 4.90 Å². The maximum Gasteiger partial charge on any atom is 0.234 e. The highest BCUT2D eigenvalue weighted by Gasteiger charge is 2.37. The lowest BCUT2D eigenvalue weighted by molar-refractivity contribution is -0.139. The molecule has 0 aliphatic carbocycles. The highest BCUT2D eigenvalue weighted by molar-refractivity contribution is 5.86. The van der Waals surface area contributed by atoms with Gasteiger partial charge in [-0.3, -0.25) is 4.79 Å². The number of amides is 1. The first-order valence-corrected chi connectivity index (χ1v) is 6.31. The molecule has 0 unspecified atom stereocenters. The van der Waals surface area contributed by atoms with Gasteiger partial charge in [0.25, 0.3) is 0 Å². The van der Waals surface area contributed by atoms with Gasteiger partial charge in [0.1, 0.15) is 24.3 Å². The van der Waals surface area contributed by atoms with Crippen molar-refractivity contribution in [3.63, 3.8) is 0 Å². The molecule has 0 saturated carbocycles. The minimum absolute atomic E-state index is 0.0419. The lowest BCUT2D eigenvalue weighted by atomic mass is 9.99. The van der Waals surface area contributed by atoms with Crippen LogP contribution >= 0.6 is 0 Å². The van der Waals surface area contributed by atoms with Gasteiger partial charge in [-0.05, 0) is 6.07 Å². The molecule has 1 fully saturated rings. The van der Waals surface area contributed by atoms with Crippen LogP contribution in [0.15, 0.2) is 24.3 Å². The SMILES string of the molecule is N#C[C@H]1COCCN1C(=O)[C@@H]1COc2ccccc21. The summed E-state index contributed by atoms with van der Waals surface area (Å²) in [6, 6.07) is 9.19. The van der Waals surface area contributed by atoms with Crippen molar-refractivity contribution in [2.45, 2.75) is 12.0 Å². The van der Waals surface area contributed by atoms with Crippen LogP contribution in [0.3, 0.4) is 0 Å². The molecule has 0 N–H and O–H groups in total. The highest BCUT2D eigenvalue weighted by Crippen LogP contribution is 2.35. The minimum Gasteiger partial charge on any atom is -0.492 e. The Labute approximate surface area is 111 Å². The zero-order valence-corrected chi connectivity index (χ0v) is 10.4. The van der Waals surface area contributed by atoms with Crippen molar-refractivity contribution in [2.24, 2.45) is 0 Å². The standard InChI is InChI=1S/C14H14N2O3/c15-7-10-8-18-6-5-16(10)14(17)12-9-19-13-4-2-1-3-11(12)13/h1-4,10,12H,5-6,8-9H2/t10-,12+/m0/s1. The van der Waals surface area contributed by atoms with Crippen molar-refractivity contribution >= 4 is 5.91 Å². The van der Waals surface area contributed by atoms with Crippen LogP contribution in [-0.4, -0.2) is 43.2 Å². The molecule has 5 nitrogen and oxygen atoms in total. The molecule has 2 atom stereocenters. The average molecular weight is 258 g/mol. The summed E-state index contributed by atoms with van der Waals surface area (Å²) in [5.41, 5.74) is 0.913. The number of benzene rings is 1. The molecule has 0 bridgehead atoms. The van der Waals surface area contributed by atoms with Crippen molar-refractivity contribution in [2.75, 3.05) is 26.4 Å². The zero-order chi connectivity index (χ0) is 13.2. The van der Waals surface area contributed by atoms with Gasteiger partial charge in [-0.1, -0.05) is 18.2 Å². The van der Waals surface area contributed by atoms with Gasteiger partial charge >= 0.3 is 0 Å². The number of nitriles is 1. The summed E-state index contributed by atoms with van der Waals surface area (Å²) in [6.45, 7) is 1.60. The van der Waals surface area contributed by atoms with Crippen LogP contribution < -0.4 is 4.74 Å². The van der Waals surface area contributed by atoms with E-state index in [4.69, 9.17) is 14.7 Å². The predicted molar refractivity (Wildman–Crippen MR) is 66.6 cm³/mol. The Balaban J connectivity index is 1.83. The number of morpholine rings is 1. The number of ether oxygens (including phenoxy) is 2. The Hall–Kier alpha value is -2.06. The third-order valence-corrected chi connectivity index (χ3v) is 3.56. The molecule has 1 aromatic carbocycles. The summed E-state index contributed by atoms with van der Waals surface area (Å²) in [6.07, 6.45) is 0. The number of fused-ring (bicyclic) bond motifs is 1. The van der Waals surface area contributed by atoms with E-state index in [1.165, 1.54) is 0 Å². The maximum atomic E-state index is 12.6. The van der Waals surface area contributed by atoms with E-state index in [9.17, 15) is 4.79 Å². The van der Waals surface area contributed by atoms with E-state index >= 15 is 0 Å². The molecule has 19 heavy (non-hydrogen) atoms. The van der Waals surface area contributed by atoms with Crippen LogP contribution in [0.1, 0.15) is 11.5 Å². The first-order chi connectivity index (χ1) is 9.31. The molecule has 0 spiro atoms. The second kappa shape index (κ2) is 4.90. The smallest absolute Gasteiger partial charge is 0.234 e. The number of nitrogens with zero attached hydrogens (tertiary/aromatic N) is 2. The predicted octanol–water partition coefficient (Wildman–Crippen LogP) is 0.914. The molecular weight excluding hydrogens is 244 g/mol. The van der Waals surface area contributed by atoms with Gasteiger partial charge in [-0.25, -0.2) is 0 Å². The fourth-order valence-corrected chi connectivity index (χ4v) is 2.54. The fraction of sp³-hybridized carbons (Fsp3) is 0.429. The third kappa shape index (κ3) is 2.04. The Morgan fingerprint density at radius 3 is 3.05 bits per heavy atom. The van der Waals surface area contributed by atoms with Crippen molar-refractivity contribution in [3.8, 4) is 11.8 Å².